The van der Waals surface area contributed by atoms with Crippen molar-refractivity contribution >= 4 is 5.70 Å². The van der Waals surface area contributed by atoms with Gasteiger partial charge < -0.3 is 4.90 Å². The van der Waals surface area contributed by atoms with E-state index in [2.05, 4.69) is 66.8 Å². The molecule has 1 unspecified atom stereocenters. The maximum absolute atomic E-state index is 5.48. The van der Waals surface area contributed by atoms with Crippen LogP contribution in [0, 0.1) is 12.3 Å². The molecule has 0 bridgehead atoms. The minimum atomic E-state index is 0.563. The molecule has 1 atom stereocenters. The van der Waals surface area contributed by atoms with Crippen molar-refractivity contribution in [2.75, 3.05) is 13.1 Å². The predicted octanol–water partition coefficient (Wildman–Crippen LogP) is 5.96. The molecule has 0 spiro atoms. The summed E-state index contributed by atoms with van der Waals surface area (Å²) in [5, 5.41) is 0. The molecule has 2 aromatic rings. The summed E-state index contributed by atoms with van der Waals surface area (Å²) in [6.45, 7) is 8.86. The molecule has 1 nitrogen and oxygen atoms in total. The van der Waals surface area contributed by atoms with Crippen molar-refractivity contribution in [3.8, 4) is 12.3 Å². The number of hydrogen-bond acceptors (Lipinski definition) is 1. The highest BCUT2D eigenvalue weighted by Crippen LogP contribution is 2.38. The van der Waals surface area contributed by atoms with E-state index in [4.69, 9.17) is 6.42 Å². The maximum atomic E-state index is 5.48. The van der Waals surface area contributed by atoms with Crippen LogP contribution in [0.1, 0.15) is 72.3 Å². The molecule has 0 aromatic heterocycles. The first-order valence-electron chi connectivity index (χ1n) is 10.3. The van der Waals surface area contributed by atoms with Crippen molar-refractivity contribution < 1.29 is 0 Å². The van der Waals surface area contributed by atoms with Crippen LogP contribution in [0.3, 0.4) is 0 Å². The van der Waals surface area contributed by atoms with Gasteiger partial charge in [0.15, 0.2) is 0 Å². The third kappa shape index (κ3) is 3.54. The number of likely N-dealkylation sites (tertiary alicyclic amines) is 1. The highest BCUT2D eigenvalue weighted by molar-refractivity contribution is 5.66. The van der Waals surface area contributed by atoms with Gasteiger partial charge in [0, 0.05) is 35.8 Å². The first-order valence-corrected chi connectivity index (χ1v) is 10.3. The lowest BCUT2D eigenvalue weighted by Crippen LogP contribution is -2.19. The van der Waals surface area contributed by atoms with E-state index < -0.39 is 0 Å². The summed E-state index contributed by atoms with van der Waals surface area (Å²) >= 11 is 0. The Morgan fingerprint density at radius 1 is 1.07 bits per heavy atom. The quantitative estimate of drug-likeness (QED) is 0.598. The number of rotatable bonds is 5. The largest absolute Gasteiger partial charge is 0.371 e. The van der Waals surface area contributed by atoms with Crippen LogP contribution in [0.4, 0.5) is 0 Å². The molecule has 0 amide bonds. The van der Waals surface area contributed by atoms with Crippen molar-refractivity contribution in [2.45, 2.75) is 50.9 Å². The fourth-order valence-electron chi connectivity index (χ4n) is 4.48. The second-order valence-electron chi connectivity index (χ2n) is 8.04. The first-order chi connectivity index (χ1) is 13.2. The van der Waals surface area contributed by atoms with Crippen molar-refractivity contribution in [1.29, 1.82) is 0 Å². The number of terminal acetylenes is 1. The summed E-state index contributed by atoms with van der Waals surface area (Å²) in [5.41, 5.74) is 7.85. The summed E-state index contributed by atoms with van der Waals surface area (Å²) < 4.78 is 0. The monoisotopic (exact) mass is 355 g/mol. The SMILES string of the molecule is C#Cc1ccc(C2CCN(C(=C)c3ccc(C4CCC4)cc3CC)C2)cc1. The molecule has 2 aromatic carbocycles. The zero-order chi connectivity index (χ0) is 18.8. The van der Waals surface area contributed by atoms with E-state index in [1.165, 1.54) is 53.6 Å². The highest BCUT2D eigenvalue weighted by atomic mass is 15.2. The van der Waals surface area contributed by atoms with Gasteiger partial charge in [-0.25, -0.2) is 0 Å². The van der Waals surface area contributed by atoms with E-state index in [0.29, 0.717) is 5.92 Å². The molecule has 1 aliphatic carbocycles. The Bertz CT molecular complexity index is 864. The van der Waals surface area contributed by atoms with Crippen LogP contribution in [0.25, 0.3) is 5.70 Å². The minimum absolute atomic E-state index is 0.563. The Hall–Kier alpha value is -2.46. The van der Waals surface area contributed by atoms with Crippen LogP contribution < -0.4 is 0 Å². The molecule has 1 heterocycles. The van der Waals surface area contributed by atoms with Crippen LogP contribution in [-0.4, -0.2) is 18.0 Å². The number of benzene rings is 2. The topological polar surface area (TPSA) is 3.24 Å². The highest BCUT2D eigenvalue weighted by Gasteiger charge is 2.26. The molecule has 0 radical (unpaired) electrons. The predicted molar refractivity (Wildman–Crippen MR) is 115 cm³/mol. The molecule has 27 heavy (non-hydrogen) atoms. The number of hydrogen-bond donors (Lipinski definition) is 0. The van der Waals surface area contributed by atoms with Crippen molar-refractivity contribution in [1.82, 2.24) is 4.90 Å². The average molecular weight is 356 g/mol. The Morgan fingerprint density at radius 2 is 1.81 bits per heavy atom. The van der Waals surface area contributed by atoms with Gasteiger partial charge >= 0.3 is 0 Å². The third-order valence-electron chi connectivity index (χ3n) is 6.52. The summed E-state index contributed by atoms with van der Waals surface area (Å²) in [5.74, 6) is 4.06. The van der Waals surface area contributed by atoms with Gasteiger partial charge in [0.1, 0.15) is 0 Å². The zero-order valence-electron chi connectivity index (χ0n) is 16.4. The van der Waals surface area contributed by atoms with Gasteiger partial charge in [-0.05, 0) is 60.4 Å². The zero-order valence-corrected chi connectivity index (χ0v) is 16.4. The standard InChI is InChI=1S/C26H29N/c1-4-20-9-11-23(12-10-20)25-15-16-27(18-25)19(3)26-14-13-24(17-21(26)5-2)22-7-6-8-22/h1,9-14,17,22,25H,3,5-8,15-16,18H2,2H3. The van der Waals surface area contributed by atoms with Crippen molar-refractivity contribution in [3.63, 3.8) is 0 Å². The van der Waals surface area contributed by atoms with E-state index in [1.807, 2.05) is 0 Å². The Labute approximate surface area is 164 Å². The summed E-state index contributed by atoms with van der Waals surface area (Å²) in [6, 6.07) is 15.6. The van der Waals surface area contributed by atoms with Gasteiger partial charge in [-0.3, -0.25) is 0 Å². The van der Waals surface area contributed by atoms with Gasteiger partial charge in [-0.1, -0.05) is 56.2 Å². The molecule has 1 saturated heterocycles. The number of aryl methyl sites for hydroxylation is 1. The molecule has 138 valence electrons. The van der Waals surface area contributed by atoms with Gasteiger partial charge in [0.2, 0.25) is 0 Å². The number of nitrogens with zero attached hydrogens (tertiary/aromatic N) is 1. The molecule has 2 aliphatic rings. The molecule has 4 rings (SSSR count). The lowest BCUT2D eigenvalue weighted by molar-refractivity contribution is 0.419. The van der Waals surface area contributed by atoms with Crippen LogP contribution in [0.5, 0.6) is 0 Å². The van der Waals surface area contributed by atoms with Crippen molar-refractivity contribution in [2.24, 2.45) is 0 Å². The van der Waals surface area contributed by atoms with Crippen LogP contribution in [0.15, 0.2) is 49.0 Å². The summed E-state index contributed by atoms with van der Waals surface area (Å²) in [7, 11) is 0. The van der Waals surface area contributed by atoms with E-state index in [9.17, 15) is 0 Å². The van der Waals surface area contributed by atoms with E-state index in [-0.39, 0.29) is 0 Å². The second-order valence-corrected chi connectivity index (χ2v) is 8.04. The maximum Gasteiger partial charge on any atom is 0.0369 e. The van der Waals surface area contributed by atoms with Crippen LogP contribution >= 0.6 is 0 Å². The van der Waals surface area contributed by atoms with E-state index in [0.717, 1.165) is 31.0 Å². The molecule has 0 N–H and O–H groups in total. The van der Waals surface area contributed by atoms with Crippen LogP contribution in [0.2, 0.25) is 0 Å². The Morgan fingerprint density at radius 3 is 2.44 bits per heavy atom. The fraction of sp³-hybridized carbons (Fsp3) is 0.385. The first kappa shape index (κ1) is 17.9. The van der Waals surface area contributed by atoms with E-state index in [1.54, 1.807) is 0 Å². The second kappa shape index (κ2) is 7.65. The Kier molecular flexibility index (Phi) is 5.08. The smallest absolute Gasteiger partial charge is 0.0369 e. The minimum Gasteiger partial charge on any atom is -0.371 e. The van der Waals surface area contributed by atoms with Gasteiger partial charge in [0.05, 0.1) is 0 Å². The third-order valence-corrected chi connectivity index (χ3v) is 6.52. The van der Waals surface area contributed by atoms with Gasteiger partial charge in [-0.2, -0.15) is 0 Å². The molecular formula is C26H29N. The van der Waals surface area contributed by atoms with Gasteiger partial charge in [-0.15, -0.1) is 6.42 Å². The molecule has 1 saturated carbocycles. The summed E-state index contributed by atoms with van der Waals surface area (Å²) in [4.78, 5) is 2.47. The molecular weight excluding hydrogens is 326 g/mol. The lowest BCUT2D eigenvalue weighted by Gasteiger charge is -2.28. The lowest BCUT2D eigenvalue weighted by atomic mass is 9.79. The average Bonchev–Trinajstić information content (AvgIpc) is 3.16. The van der Waals surface area contributed by atoms with E-state index >= 15 is 0 Å². The molecule has 2 fully saturated rings. The van der Waals surface area contributed by atoms with Crippen LogP contribution in [-0.2, 0) is 6.42 Å². The fourth-order valence-corrected chi connectivity index (χ4v) is 4.48. The molecule has 1 heteroatoms. The molecule has 1 aliphatic heterocycles. The Balaban J connectivity index is 1.49. The summed E-state index contributed by atoms with van der Waals surface area (Å²) in [6.07, 6.45) is 11.8. The van der Waals surface area contributed by atoms with Gasteiger partial charge in [0.25, 0.3) is 0 Å². The van der Waals surface area contributed by atoms with Crippen molar-refractivity contribution in [3.05, 3.63) is 76.9 Å². The normalized spacial score (nSPS) is 19.6.